The monoisotopic (exact) mass is 700 g/mol. The maximum atomic E-state index is 14.4. The maximum Gasteiger partial charge on any atom is 0.416 e. The molecule has 2 aliphatic rings. The van der Waals surface area contributed by atoms with Gasteiger partial charge in [0.25, 0.3) is 11.8 Å². The molecular formula is C38H39F3N6O4. The van der Waals surface area contributed by atoms with Crippen molar-refractivity contribution < 1.29 is 32.3 Å². The highest BCUT2D eigenvalue weighted by molar-refractivity contribution is 6.05. The number of fused-ring (bicyclic) bond motifs is 1. The van der Waals surface area contributed by atoms with Crippen molar-refractivity contribution in [3.8, 4) is 5.69 Å². The predicted molar refractivity (Wildman–Crippen MR) is 185 cm³/mol. The van der Waals surface area contributed by atoms with Crippen LogP contribution in [0.15, 0.2) is 96.7 Å². The second-order valence-corrected chi connectivity index (χ2v) is 12.4. The maximum absolute atomic E-state index is 14.4. The summed E-state index contributed by atoms with van der Waals surface area (Å²) < 4.78 is 47.7. The SMILES string of the molecule is C/C=C(\CN1CCOCC1)C(=O)NCc1cccc([C@H]2c3cnn(-c4ccccc4)c3N(CC)C(=O)[C@@H]2NC(=O)c2cccc(C(F)(F)F)c2)c1. The van der Waals surface area contributed by atoms with Gasteiger partial charge in [0.2, 0.25) is 5.91 Å². The molecule has 3 aromatic carbocycles. The molecule has 1 fully saturated rings. The summed E-state index contributed by atoms with van der Waals surface area (Å²) in [6.07, 6.45) is -1.19. The molecule has 0 aliphatic carbocycles. The predicted octanol–water partition coefficient (Wildman–Crippen LogP) is 5.08. The number of hydrogen-bond donors (Lipinski definition) is 2. The van der Waals surface area contributed by atoms with Crippen molar-refractivity contribution in [3.63, 3.8) is 0 Å². The molecule has 0 spiro atoms. The summed E-state index contributed by atoms with van der Waals surface area (Å²) in [5, 5.41) is 10.4. The number of morpholine rings is 1. The Morgan fingerprint density at radius 3 is 2.45 bits per heavy atom. The summed E-state index contributed by atoms with van der Waals surface area (Å²) >= 11 is 0. The molecule has 2 aliphatic heterocycles. The van der Waals surface area contributed by atoms with Gasteiger partial charge < -0.3 is 15.4 Å². The number of nitrogens with zero attached hydrogens (tertiary/aromatic N) is 4. The first-order chi connectivity index (χ1) is 24.6. The van der Waals surface area contributed by atoms with E-state index >= 15 is 0 Å². The van der Waals surface area contributed by atoms with Crippen LogP contribution in [-0.2, 0) is 27.0 Å². The van der Waals surface area contributed by atoms with E-state index in [0.29, 0.717) is 42.3 Å². The zero-order valence-corrected chi connectivity index (χ0v) is 28.3. The number of para-hydroxylation sites is 1. The van der Waals surface area contributed by atoms with Gasteiger partial charge in [-0.15, -0.1) is 0 Å². The lowest BCUT2D eigenvalue weighted by molar-refractivity contribution is -0.137. The van der Waals surface area contributed by atoms with Gasteiger partial charge in [0.15, 0.2) is 0 Å². The van der Waals surface area contributed by atoms with Gasteiger partial charge in [-0.25, -0.2) is 4.68 Å². The minimum Gasteiger partial charge on any atom is -0.379 e. The van der Waals surface area contributed by atoms with Crippen LogP contribution in [-0.4, -0.2) is 77.8 Å². The highest BCUT2D eigenvalue weighted by atomic mass is 19.4. The quantitative estimate of drug-likeness (QED) is 0.224. The third kappa shape index (κ3) is 7.74. The summed E-state index contributed by atoms with van der Waals surface area (Å²) in [4.78, 5) is 44.9. The zero-order valence-electron chi connectivity index (χ0n) is 28.3. The van der Waals surface area contributed by atoms with Crippen molar-refractivity contribution in [3.05, 3.63) is 125 Å². The summed E-state index contributed by atoms with van der Waals surface area (Å²) in [5.41, 5.74) is 2.24. The first-order valence-electron chi connectivity index (χ1n) is 16.8. The molecule has 51 heavy (non-hydrogen) atoms. The number of hydrogen-bond acceptors (Lipinski definition) is 6. The Hall–Kier alpha value is -5.27. The van der Waals surface area contributed by atoms with Gasteiger partial charge in [-0.1, -0.05) is 54.6 Å². The number of likely N-dealkylation sites (N-methyl/N-ethyl adjacent to an activating group) is 1. The zero-order chi connectivity index (χ0) is 36.1. The van der Waals surface area contributed by atoms with Gasteiger partial charge in [0.05, 0.1) is 30.7 Å². The normalized spacial score (nSPS) is 18.3. The Labute approximate surface area is 293 Å². The van der Waals surface area contributed by atoms with Gasteiger partial charge in [-0.2, -0.15) is 18.3 Å². The third-order valence-electron chi connectivity index (χ3n) is 9.18. The summed E-state index contributed by atoms with van der Waals surface area (Å²) in [6, 6.07) is 19.6. The molecule has 4 aromatic rings. The van der Waals surface area contributed by atoms with E-state index in [4.69, 9.17) is 4.74 Å². The summed E-state index contributed by atoms with van der Waals surface area (Å²) in [7, 11) is 0. The van der Waals surface area contributed by atoms with Crippen molar-refractivity contribution in [1.29, 1.82) is 0 Å². The topological polar surface area (TPSA) is 109 Å². The van der Waals surface area contributed by atoms with Gasteiger partial charge in [0.1, 0.15) is 11.9 Å². The lowest BCUT2D eigenvalue weighted by Crippen LogP contribution is -2.55. The standard InChI is InChI=1S/C38H39F3N6O4/c1-3-26(24-45-16-18-51-19-17-45)34(48)42-22-25-10-8-11-27(20-25)32-31-23-43-47(30-14-6-5-7-15-30)36(31)46(4-2)37(50)33(32)44-35(49)28-12-9-13-29(21-28)38(39,40)41/h3,5-15,20-21,23,32-33H,4,16-19,22,24H2,1-2H3,(H,42,48)(H,44,49)/b26-3+/t32-,33+/m0/s1. The van der Waals surface area contributed by atoms with Gasteiger partial charge in [-0.05, 0) is 55.3 Å². The third-order valence-corrected chi connectivity index (χ3v) is 9.18. The highest BCUT2D eigenvalue weighted by Crippen LogP contribution is 2.42. The van der Waals surface area contributed by atoms with Crippen molar-refractivity contribution in [2.45, 2.75) is 38.5 Å². The molecule has 2 N–H and O–H groups in total. The smallest absolute Gasteiger partial charge is 0.379 e. The van der Waals surface area contributed by atoms with Crippen LogP contribution in [0.4, 0.5) is 19.0 Å². The molecular weight excluding hydrogens is 661 g/mol. The second kappa shape index (κ2) is 15.3. The number of carbonyl (C=O) groups excluding carboxylic acids is 3. The lowest BCUT2D eigenvalue weighted by atomic mass is 9.81. The number of carbonyl (C=O) groups is 3. The fourth-order valence-corrected chi connectivity index (χ4v) is 6.57. The first kappa shape index (κ1) is 35.6. The molecule has 0 bridgehead atoms. The van der Waals surface area contributed by atoms with Crippen LogP contribution in [0.3, 0.4) is 0 Å². The molecule has 1 aromatic heterocycles. The Morgan fingerprint density at radius 2 is 1.75 bits per heavy atom. The molecule has 0 unspecified atom stereocenters. The average molecular weight is 701 g/mol. The number of allylic oxidation sites excluding steroid dienone is 1. The van der Waals surface area contributed by atoms with Crippen LogP contribution in [0.1, 0.15) is 52.4 Å². The molecule has 6 rings (SSSR count). The summed E-state index contributed by atoms with van der Waals surface area (Å²) in [5.74, 6) is -1.68. The van der Waals surface area contributed by atoms with Crippen molar-refractivity contribution in [2.24, 2.45) is 0 Å². The number of aromatic nitrogens is 2. The van der Waals surface area contributed by atoms with E-state index < -0.39 is 35.5 Å². The molecule has 0 saturated carbocycles. The number of benzene rings is 3. The van der Waals surface area contributed by atoms with E-state index in [-0.39, 0.29) is 24.6 Å². The minimum atomic E-state index is -4.65. The van der Waals surface area contributed by atoms with Gasteiger partial charge in [0, 0.05) is 55.3 Å². The number of amides is 3. The molecule has 1 saturated heterocycles. The molecule has 266 valence electrons. The number of nitrogens with one attached hydrogen (secondary N) is 2. The molecule has 2 atom stereocenters. The number of halogens is 3. The highest BCUT2D eigenvalue weighted by Gasteiger charge is 2.44. The van der Waals surface area contributed by atoms with E-state index in [1.54, 1.807) is 23.9 Å². The van der Waals surface area contributed by atoms with Crippen LogP contribution in [0, 0.1) is 0 Å². The molecule has 0 radical (unpaired) electrons. The van der Waals surface area contributed by atoms with Crippen LogP contribution in [0.25, 0.3) is 5.69 Å². The number of ether oxygens (including phenoxy) is 1. The minimum absolute atomic E-state index is 0.196. The Morgan fingerprint density at radius 1 is 1.00 bits per heavy atom. The molecule has 3 heterocycles. The second-order valence-electron chi connectivity index (χ2n) is 12.4. The fraction of sp³-hybridized carbons (Fsp3) is 0.316. The fourth-order valence-electron chi connectivity index (χ4n) is 6.57. The van der Waals surface area contributed by atoms with E-state index in [0.717, 1.165) is 42.5 Å². The van der Waals surface area contributed by atoms with Crippen LogP contribution in [0.5, 0.6) is 0 Å². The number of rotatable bonds is 10. The van der Waals surface area contributed by atoms with Gasteiger partial charge in [-0.3, -0.25) is 24.2 Å². The Kier molecular flexibility index (Phi) is 10.7. The Bertz CT molecular complexity index is 1920. The van der Waals surface area contributed by atoms with E-state index in [2.05, 4.69) is 20.6 Å². The van der Waals surface area contributed by atoms with E-state index in [1.807, 2.05) is 61.5 Å². The van der Waals surface area contributed by atoms with E-state index in [9.17, 15) is 27.6 Å². The first-order valence-corrected chi connectivity index (χ1v) is 16.8. The molecule has 3 amide bonds. The van der Waals surface area contributed by atoms with Crippen LogP contribution in [0.2, 0.25) is 0 Å². The molecule has 10 nitrogen and oxygen atoms in total. The van der Waals surface area contributed by atoms with Gasteiger partial charge >= 0.3 is 6.18 Å². The number of alkyl halides is 3. The lowest BCUT2D eigenvalue weighted by Gasteiger charge is -2.38. The molecule has 13 heteroatoms. The Balaban J connectivity index is 1.33. The number of anilines is 1. The van der Waals surface area contributed by atoms with Crippen LogP contribution < -0.4 is 15.5 Å². The largest absolute Gasteiger partial charge is 0.416 e. The van der Waals surface area contributed by atoms with Crippen LogP contribution >= 0.6 is 0 Å². The summed E-state index contributed by atoms with van der Waals surface area (Å²) in [6.45, 7) is 7.33. The van der Waals surface area contributed by atoms with Crippen molar-refractivity contribution in [2.75, 3.05) is 44.3 Å². The van der Waals surface area contributed by atoms with Crippen molar-refractivity contribution >= 4 is 23.5 Å². The average Bonchev–Trinajstić information content (AvgIpc) is 3.58. The van der Waals surface area contributed by atoms with E-state index in [1.165, 1.54) is 11.0 Å². The van der Waals surface area contributed by atoms with Crippen molar-refractivity contribution in [1.82, 2.24) is 25.3 Å².